The van der Waals surface area contributed by atoms with Gasteiger partial charge in [0.05, 0.1) is 20.3 Å². The fraction of sp³-hybridized carbons (Fsp3) is 0.588. The summed E-state index contributed by atoms with van der Waals surface area (Å²) in [6, 6.07) is 6.04. The molecule has 1 aromatic rings. The quantitative estimate of drug-likeness (QED) is 0.854. The topological polar surface area (TPSA) is 38.8 Å². The zero-order valence-electron chi connectivity index (χ0n) is 12.8. The number of nitrogens with zero attached hydrogens (tertiary/aromatic N) is 1. The van der Waals surface area contributed by atoms with E-state index in [2.05, 4.69) is 4.90 Å². The van der Waals surface area contributed by atoms with E-state index in [4.69, 9.17) is 9.47 Å². The first-order valence-electron chi connectivity index (χ1n) is 7.77. The van der Waals surface area contributed by atoms with Crippen LogP contribution < -0.4 is 9.47 Å². The van der Waals surface area contributed by atoms with Crippen LogP contribution in [-0.4, -0.2) is 31.6 Å². The molecule has 0 radical (unpaired) electrons. The van der Waals surface area contributed by atoms with Crippen molar-refractivity contribution in [3.05, 3.63) is 23.8 Å². The lowest BCUT2D eigenvalue weighted by atomic mass is 9.84. The maximum absolute atomic E-state index is 12.6. The first-order chi connectivity index (χ1) is 10.2. The molecule has 1 aliphatic heterocycles. The van der Waals surface area contributed by atoms with Crippen molar-refractivity contribution in [2.24, 2.45) is 5.92 Å². The number of hydrogen-bond acceptors (Lipinski definition) is 3. The van der Waals surface area contributed by atoms with Crippen LogP contribution in [0.3, 0.4) is 0 Å². The molecular weight excluding hydrogens is 266 g/mol. The molecule has 1 saturated carbocycles. The van der Waals surface area contributed by atoms with Gasteiger partial charge in [0.25, 0.3) is 0 Å². The summed E-state index contributed by atoms with van der Waals surface area (Å²) in [6.45, 7) is 0.870. The van der Waals surface area contributed by atoms with Crippen molar-refractivity contribution in [3.8, 4) is 11.5 Å². The van der Waals surface area contributed by atoms with Gasteiger partial charge < -0.3 is 14.4 Å². The second-order valence-corrected chi connectivity index (χ2v) is 5.93. The van der Waals surface area contributed by atoms with Gasteiger partial charge in [-0.15, -0.1) is 0 Å². The molecule has 1 atom stereocenters. The fourth-order valence-electron chi connectivity index (χ4n) is 3.34. The van der Waals surface area contributed by atoms with Gasteiger partial charge in [0, 0.05) is 24.1 Å². The lowest BCUT2D eigenvalue weighted by molar-refractivity contribution is -0.139. The van der Waals surface area contributed by atoms with Gasteiger partial charge in [-0.2, -0.15) is 0 Å². The van der Waals surface area contributed by atoms with E-state index in [1.807, 2.05) is 18.2 Å². The SMILES string of the molecule is COc1ccc([C@@H]2CCCN2C(=O)C2CCC2)c(OC)c1. The number of benzene rings is 1. The highest BCUT2D eigenvalue weighted by Crippen LogP contribution is 2.41. The van der Waals surface area contributed by atoms with Gasteiger partial charge in [-0.05, 0) is 37.8 Å². The van der Waals surface area contributed by atoms with E-state index in [1.54, 1.807) is 14.2 Å². The molecule has 2 aliphatic rings. The van der Waals surface area contributed by atoms with Crippen LogP contribution >= 0.6 is 0 Å². The summed E-state index contributed by atoms with van der Waals surface area (Å²) in [7, 11) is 3.32. The van der Waals surface area contributed by atoms with Crippen LogP contribution in [0.1, 0.15) is 43.7 Å². The first kappa shape index (κ1) is 14.2. The Balaban J connectivity index is 1.85. The Labute approximate surface area is 126 Å². The second kappa shape index (κ2) is 5.96. The molecule has 1 aromatic carbocycles. The summed E-state index contributed by atoms with van der Waals surface area (Å²) in [6.07, 6.45) is 5.39. The molecule has 1 heterocycles. The molecule has 3 rings (SSSR count). The van der Waals surface area contributed by atoms with Gasteiger partial charge in [0.15, 0.2) is 0 Å². The van der Waals surface area contributed by atoms with E-state index in [0.717, 1.165) is 49.3 Å². The normalized spacial score (nSPS) is 22.0. The Morgan fingerprint density at radius 3 is 2.57 bits per heavy atom. The number of amides is 1. The number of likely N-dealkylation sites (tertiary alicyclic amines) is 1. The standard InChI is InChI=1S/C17H23NO3/c1-20-13-8-9-14(16(11-13)21-2)15-7-4-10-18(15)17(19)12-5-3-6-12/h8-9,11-12,15H,3-7,10H2,1-2H3/t15-/m0/s1. The molecular formula is C17H23NO3. The van der Waals surface area contributed by atoms with Crippen LogP contribution in [0.15, 0.2) is 18.2 Å². The van der Waals surface area contributed by atoms with Gasteiger partial charge >= 0.3 is 0 Å². The summed E-state index contributed by atoms with van der Waals surface area (Å²) in [5.41, 5.74) is 1.10. The van der Waals surface area contributed by atoms with Crippen LogP contribution in [-0.2, 0) is 4.79 Å². The smallest absolute Gasteiger partial charge is 0.226 e. The van der Waals surface area contributed by atoms with Crippen LogP contribution in [0.2, 0.25) is 0 Å². The molecule has 0 aromatic heterocycles. The van der Waals surface area contributed by atoms with E-state index in [-0.39, 0.29) is 12.0 Å². The average Bonchev–Trinajstić information content (AvgIpc) is 2.93. The third-order valence-electron chi connectivity index (χ3n) is 4.79. The molecule has 0 bridgehead atoms. The summed E-state index contributed by atoms with van der Waals surface area (Å²) in [4.78, 5) is 14.7. The predicted octanol–water partition coefficient (Wildman–Crippen LogP) is 3.17. The Morgan fingerprint density at radius 1 is 1.14 bits per heavy atom. The third kappa shape index (κ3) is 2.59. The number of methoxy groups -OCH3 is 2. The first-order valence-corrected chi connectivity index (χ1v) is 7.77. The number of ether oxygens (including phenoxy) is 2. The van der Waals surface area contributed by atoms with E-state index in [0.29, 0.717) is 5.91 Å². The lowest BCUT2D eigenvalue weighted by Crippen LogP contribution is -2.38. The minimum atomic E-state index is 0.152. The van der Waals surface area contributed by atoms with Crippen molar-refractivity contribution in [2.75, 3.05) is 20.8 Å². The third-order valence-corrected chi connectivity index (χ3v) is 4.79. The molecule has 1 amide bonds. The van der Waals surface area contributed by atoms with Crippen LogP contribution in [0.5, 0.6) is 11.5 Å². The van der Waals surface area contributed by atoms with Gasteiger partial charge in [-0.25, -0.2) is 0 Å². The van der Waals surface area contributed by atoms with Gasteiger partial charge in [0.1, 0.15) is 11.5 Å². The minimum absolute atomic E-state index is 0.152. The highest BCUT2D eigenvalue weighted by atomic mass is 16.5. The van der Waals surface area contributed by atoms with Gasteiger partial charge in [0.2, 0.25) is 5.91 Å². The maximum atomic E-state index is 12.6. The summed E-state index contributed by atoms with van der Waals surface area (Å²) >= 11 is 0. The van der Waals surface area contributed by atoms with Crippen LogP contribution in [0.4, 0.5) is 0 Å². The predicted molar refractivity (Wildman–Crippen MR) is 80.6 cm³/mol. The lowest BCUT2D eigenvalue weighted by Gasteiger charge is -2.33. The zero-order valence-corrected chi connectivity index (χ0v) is 12.8. The Bertz CT molecular complexity index is 525. The Kier molecular flexibility index (Phi) is 4.04. The van der Waals surface area contributed by atoms with Crippen molar-refractivity contribution in [1.29, 1.82) is 0 Å². The average molecular weight is 289 g/mol. The molecule has 0 spiro atoms. The maximum Gasteiger partial charge on any atom is 0.226 e. The number of rotatable bonds is 4. The molecule has 0 unspecified atom stereocenters. The molecule has 1 saturated heterocycles. The van der Waals surface area contributed by atoms with Crippen molar-refractivity contribution in [1.82, 2.24) is 4.90 Å². The molecule has 114 valence electrons. The molecule has 21 heavy (non-hydrogen) atoms. The molecule has 4 heteroatoms. The molecule has 1 aliphatic carbocycles. The summed E-state index contributed by atoms with van der Waals surface area (Å²) in [5.74, 6) is 2.19. The Morgan fingerprint density at radius 2 is 1.95 bits per heavy atom. The largest absolute Gasteiger partial charge is 0.497 e. The summed E-state index contributed by atoms with van der Waals surface area (Å²) < 4.78 is 10.8. The highest BCUT2D eigenvalue weighted by molar-refractivity contribution is 5.80. The van der Waals surface area contributed by atoms with E-state index in [1.165, 1.54) is 6.42 Å². The monoisotopic (exact) mass is 289 g/mol. The van der Waals surface area contributed by atoms with E-state index < -0.39 is 0 Å². The van der Waals surface area contributed by atoms with Crippen LogP contribution in [0.25, 0.3) is 0 Å². The minimum Gasteiger partial charge on any atom is -0.497 e. The Hall–Kier alpha value is -1.71. The van der Waals surface area contributed by atoms with Crippen molar-refractivity contribution in [2.45, 2.75) is 38.1 Å². The molecule has 4 nitrogen and oxygen atoms in total. The second-order valence-electron chi connectivity index (χ2n) is 5.93. The summed E-state index contributed by atoms with van der Waals surface area (Å²) in [5, 5.41) is 0. The van der Waals surface area contributed by atoms with E-state index in [9.17, 15) is 4.79 Å². The van der Waals surface area contributed by atoms with E-state index >= 15 is 0 Å². The molecule has 0 N–H and O–H groups in total. The van der Waals surface area contributed by atoms with Crippen molar-refractivity contribution in [3.63, 3.8) is 0 Å². The number of carbonyl (C=O) groups is 1. The fourth-order valence-corrected chi connectivity index (χ4v) is 3.34. The molecule has 2 fully saturated rings. The van der Waals surface area contributed by atoms with Gasteiger partial charge in [-0.3, -0.25) is 4.79 Å². The zero-order chi connectivity index (χ0) is 14.8. The van der Waals surface area contributed by atoms with Crippen LogP contribution in [0, 0.1) is 5.92 Å². The number of hydrogen-bond donors (Lipinski definition) is 0. The van der Waals surface area contributed by atoms with Crippen molar-refractivity contribution >= 4 is 5.91 Å². The number of carbonyl (C=O) groups excluding carboxylic acids is 1. The van der Waals surface area contributed by atoms with Crippen molar-refractivity contribution < 1.29 is 14.3 Å². The highest BCUT2D eigenvalue weighted by Gasteiger charge is 2.37. The van der Waals surface area contributed by atoms with Gasteiger partial charge in [-0.1, -0.05) is 6.42 Å².